The van der Waals surface area contributed by atoms with Gasteiger partial charge < -0.3 is 14.0 Å². The third kappa shape index (κ3) is 5.77. The van der Waals surface area contributed by atoms with E-state index in [4.69, 9.17) is 9.47 Å². The highest BCUT2D eigenvalue weighted by Crippen LogP contribution is 2.30. The van der Waals surface area contributed by atoms with E-state index in [1.165, 1.54) is 0 Å². The van der Waals surface area contributed by atoms with Crippen molar-refractivity contribution in [2.45, 2.75) is 39.8 Å². The number of carbonyl (C=O) groups excluding carboxylic acids is 1. The van der Waals surface area contributed by atoms with Crippen molar-refractivity contribution >= 4 is 21.9 Å². The molecule has 1 heterocycles. The number of nitriles is 1. The number of nitrogens with zero attached hydrogens (tertiary/aromatic N) is 2. The molecule has 0 aliphatic carbocycles. The van der Waals surface area contributed by atoms with Crippen molar-refractivity contribution in [2.75, 3.05) is 6.61 Å². The van der Waals surface area contributed by atoms with Gasteiger partial charge in [-0.05, 0) is 63.6 Å². The van der Waals surface area contributed by atoms with Gasteiger partial charge in [-0.2, -0.15) is 5.26 Å². The Hall–Kier alpha value is -3.04. The summed E-state index contributed by atoms with van der Waals surface area (Å²) in [5.41, 5.74) is 3.25. The molecule has 0 amide bonds. The Kier molecular flexibility index (Phi) is 6.87. The summed E-state index contributed by atoms with van der Waals surface area (Å²) in [6.07, 6.45) is 3.71. The van der Waals surface area contributed by atoms with Gasteiger partial charge in [-0.25, -0.2) is 4.79 Å². The number of rotatable bonds is 6. The van der Waals surface area contributed by atoms with Crippen molar-refractivity contribution in [2.24, 2.45) is 0 Å². The van der Waals surface area contributed by atoms with Crippen LogP contribution in [0.25, 0.3) is 11.1 Å². The maximum absolute atomic E-state index is 12.6. The molecule has 0 bridgehead atoms. The van der Waals surface area contributed by atoms with Crippen LogP contribution in [0.2, 0.25) is 0 Å². The largest absolute Gasteiger partial charge is 0.488 e. The average Bonchev–Trinajstić information content (AvgIpc) is 3.13. The van der Waals surface area contributed by atoms with Crippen molar-refractivity contribution in [1.82, 2.24) is 4.57 Å². The third-order valence-corrected chi connectivity index (χ3v) is 5.02. The standard InChI is InChI=1S/C25H25BrN2O3/c1-5-30-24(29)22-16-28(15-21(22)18-7-9-20(26)10-8-18)14-19-12-17(13-27)6-11-23(19)31-25(2,3)4/h6-12,15-16H,5,14H2,1-4H3. The van der Waals surface area contributed by atoms with Crippen LogP contribution in [0.3, 0.4) is 0 Å². The van der Waals surface area contributed by atoms with E-state index in [2.05, 4.69) is 22.0 Å². The minimum atomic E-state index is -0.377. The number of ether oxygens (including phenoxy) is 2. The molecule has 0 unspecified atom stereocenters. The summed E-state index contributed by atoms with van der Waals surface area (Å²) in [6.45, 7) is 8.48. The molecule has 0 N–H and O–H groups in total. The molecule has 5 nitrogen and oxygen atoms in total. The molecule has 0 aliphatic rings. The molecule has 0 saturated heterocycles. The minimum Gasteiger partial charge on any atom is -0.488 e. The molecular weight excluding hydrogens is 456 g/mol. The summed E-state index contributed by atoms with van der Waals surface area (Å²) in [6, 6.07) is 15.4. The molecule has 0 saturated carbocycles. The fraction of sp³-hybridized carbons (Fsp3) is 0.280. The lowest BCUT2D eigenvalue weighted by Gasteiger charge is -2.23. The zero-order valence-corrected chi connectivity index (χ0v) is 19.7. The van der Waals surface area contributed by atoms with Crippen molar-refractivity contribution in [3.8, 4) is 22.9 Å². The number of halogens is 1. The second-order valence-electron chi connectivity index (χ2n) is 8.13. The van der Waals surface area contributed by atoms with Crippen LogP contribution in [0.4, 0.5) is 0 Å². The summed E-state index contributed by atoms with van der Waals surface area (Å²) >= 11 is 3.45. The first-order valence-electron chi connectivity index (χ1n) is 10.0. The van der Waals surface area contributed by atoms with E-state index in [1.54, 1.807) is 19.2 Å². The number of aromatic nitrogens is 1. The molecule has 0 radical (unpaired) electrons. The van der Waals surface area contributed by atoms with E-state index in [0.717, 1.165) is 21.2 Å². The minimum absolute atomic E-state index is 0.303. The molecule has 0 atom stereocenters. The van der Waals surface area contributed by atoms with Gasteiger partial charge in [0, 0.05) is 28.0 Å². The molecule has 0 fully saturated rings. The molecule has 3 rings (SSSR count). The van der Waals surface area contributed by atoms with Gasteiger partial charge >= 0.3 is 5.97 Å². The molecule has 1 aromatic heterocycles. The SMILES string of the molecule is CCOC(=O)c1cn(Cc2cc(C#N)ccc2OC(C)(C)C)cc1-c1ccc(Br)cc1. The molecular formula is C25H25BrN2O3. The van der Waals surface area contributed by atoms with E-state index in [1.807, 2.05) is 67.9 Å². The molecule has 0 aliphatic heterocycles. The smallest absolute Gasteiger partial charge is 0.340 e. The van der Waals surface area contributed by atoms with Crippen molar-refractivity contribution in [3.63, 3.8) is 0 Å². The van der Waals surface area contributed by atoms with E-state index in [-0.39, 0.29) is 11.6 Å². The van der Waals surface area contributed by atoms with Gasteiger partial charge in [-0.1, -0.05) is 28.1 Å². The first-order valence-corrected chi connectivity index (χ1v) is 10.8. The van der Waals surface area contributed by atoms with Crippen LogP contribution in [-0.4, -0.2) is 22.7 Å². The topological polar surface area (TPSA) is 64.2 Å². The number of esters is 1. The van der Waals surface area contributed by atoms with Crippen LogP contribution < -0.4 is 4.74 Å². The van der Waals surface area contributed by atoms with Crippen LogP contribution in [0.1, 0.15) is 49.2 Å². The Morgan fingerprint density at radius 1 is 1.13 bits per heavy atom. The van der Waals surface area contributed by atoms with Gasteiger partial charge in [0.1, 0.15) is 11.4 Å². The van der Waals surface area contributed by atoms with Crippen LogP contribution in [0.15, 0.2) is 59.3 Å². The number of benzene rings is 2. The molecule has 160 valence electrons. The average molecular weight is 481 g/mol. The number of carbonyl (C=O) groups is 1. The Morgan fingerprint density at radius 3 is 2.45 bits per heavy atom. The zero-order chi connectivity index (χ0) is 22.6. The van der Waals surface area contributed by atoms with E-state index in [9.17, 15) is 10.1 Å². The second kappa shape index (κ2) is 9.40. The summed E-state index contributed by atoms with van der Waals surface area (Å²) < 4.78 is 14.3. The Labute approximate surface area is 191 Å². The van der Waals surface area contributed by atoms with Crippen molar-refractivity contribution < 1.29 is 14.3 Å². The maximum atomic E-state index is 12.6. The molecule has 2 aromatic carbocycles. The fourth-order valence-electron chi connectivity index (χ4n) is 3.23. The van der Waals surface area contributed by atoms with Gasteiger partial charge in [0.05, 0.1) is 30.3 Å². The van der Waals surface area contributed by atoms with Crippen LogP contribution in [-0.2, 0) is 11.3 Å². The molecule has 0 spiro atoms. The van der Waals surface area contributed by atoms with Crippen molar-refractivity contribution in [3.05, 3.63) is 76.0 Å². The van der Waals surface area contributed by atoms with Crippen LogP contribution >= 0.6 is 15.9 Å². The molecule has 3 aromatic rings. The van der Waals surface area contributed by atoms with Gasteiger partial charge in [0.15, 0.2) is 0 Å². The quantitative estimate of drug-likeness (QED) is 0.394. The monoisotopic (exact) mass is 480 g/mol. The number of hydrogen-bond donors (Lipinski definition) is 0. The summed E-state index contributed by atoms with van der Waals surface area (Å²) in [7, 11) is 0. The fourth-order valence-corrected chi connectivity index (χ4v) is 3.49. The highest BCUT2D eigenvalue weighted by Gasteiger charge is 2.19. The van der Waals surface area contributed by atoms with Gasteiger partial charge in [0.2, 0.25) is 0 Å². The van der Waals surface area contributed by atoms with Crippen LogP contribution in [0.5, 0.6) is 5.75 Å². The summed E-state index contributed by atoms with van der Waals surface area (Å²) in [5.74, 6) is 0.346. The van der Waals surface area contributed by atoms with Gasteiger partial charge in [-0.15, -0.1) is 0 Å². The van der Waals surface area contributed by atoms with E-state index < -0.39 is 0 Å². The van der Waals surface area contributed by atoms with Gasteiger partial charge in [-0.3, -0.25) is 0 Å². The lowest BCUT2D eigenvalue weighted by Crippen LogP contribution is -2.23. The van der Waals surface area contributed by atoms with E-state index in [0.29, 0.717) is 30.0 Å². The number of hydrogen-bond acceptors (Lipinski definition) is 4. The first kappa shape index (κ1) is 22.6. The van der Waals surface area contributed by atoms with Crippen LogP contribution in [0, 0.1) is 11.3 Å². The second-order valence-corrected chi connectivity index (χ2v) is 9.05. The highest BCUT2D eigenvalue weighted by molar-refractivity contribution is 9.10. The zero-order valence-electron chi connectivity index (χ0n) is 18.1. The Morgan fingerprint density at radius 2 is 1.84 bits per heavy atom. The van der Waals surface area contributed by atoms with Gasteiger partial charge in [0.25, 0.3) is 0 Å². The predicted molar refractivity (Wildman–Crippen MR) is 124 cm³/mol. The highest BCUT2D eigenvalue weighted by atomic mass is 79.9. The lowest BCUT2D eigenvalue weighted by atomic mass is 10.1. The maximum Gasteiger partial charge on any atom is 0.340 e. The third-order valence-electron chi connectivity index (χ3n) is 4.49. The van der Waals surface area contributed by atoms with E-state index >= 15 is 0 Å². The lowest BCUT2D eigenvalue weighted by molar-refractivity contribution is 0.0527. The predicted octanol–water partition coefficient (Wildman–Crippen LogP) is 6.19. The molecule has 31 heavy (non-hydrogen) atoms. The summed E-state index contributed by atoms with van der Waals surface area (Å²) in [4.78, 5) is 12.6. The first-order chi connectivity index (χ1) is 14.7. The summed E-state index contributed by atoms with van der Waals surface area (Å²) in [5, 5.41) is 9.34. The van der Waals surface area contributed by atoms with Crippen molar-refractivity contribution in [1.29, 1.82) is 5.26 Å². The normalized spacial score (nSPS) is 11.1. The Bertz CT molecular complexity index is 1120. The molecule has 6 heteroatoms. The Balaban J connectivity index is 2.04.